The summed E-state index contributed by atoms with van der Waals surface area (Å²) in [6.07, 6.45) is 0. The van der Waals surface area contributed by atoms with Crippen LogP contribution in [0.15, 0.2) is 160 Å². The van der Waals surface area contributed by atoms with Crippen molar-refractivity contribution in [3.05, 3.63) is 152 Å². The highest BCUT2D eigenvalue weighted by molar-refractivity contribution is 6.12. The molecule has 224 valence electrons. The lowest BCUT2D eigenvalue weighted by molar-refractivity contribution is 0.668. The van der Waals surface area contributed by atoms with E-state index in [-0.39, 0.29) is 0 Å². The van der Waals surface area contributed by atoms with Gasteiger partial charge in [-0.15, -0.1) is 0 Å². The molecule has 0 amide bonds. The van der Waals surface area contributed by atoms with Gasteiger partial charge in [0.05, 0.1) is 0 Å². The van der Waals surface area contributed by atoms with Gasteiger partial charge in [-0.1, -0.05) is 121 Å². The van der Waals surface area contributed by atoms with Gasteiger partial charge in [0.2, 0.25) is 0 Å². The fraction of sp³-hybridized carbons (Fsp3) is 0. The molecule has 5 nitrogen and oxygen atoms in total. The highest BCUT2D eigenvalue weighted by Gasteiger charge is 2.21. The molecule has 0 spiro atoms. The second-order valence-electron chi connectivity index (χ2n) is 12.0. The maximum absolute atomic E-state index is 6.32. The Labute approximate surface area is 274 Å². The SMILES string of the molecule is c1ccc(-c2nc(-c3c(-c4ccc5c(c4)oc4ccccc45)ccc4ccccc34)nc(-c3cccc4oc5ccccc5c34)n2)cc1. The van der Waals surface area contributed by atoms with E-state index in [1.165, 1.54) is 0 Å². The van der Waals surface area contributed by atoms with Gasteiger partial charge < -0.3 is 8.83 Å². The molecule has 0 atom stereocenters. The third kappa shape index (κ3) is 4.15. The van der Waals surface area contributed by atoms with Crippen molar-refractivity contribution in [1.82, 2.24) is 15.0 Å². The highest BCUT2D eigenvalue weighted by Crippen LogP contribution is 2.41. The molecule has 0 radical (unpaired) electrons. The average molecular weight is 616 g/mol. The molecule has 10 rings (SSSR count). The quantitative estimate of drug-likeness (QED) is 0.197. The van der Waals surface area contributed by atoms with E-state index in [1.54, 1.807) is 0 Å². The van der Waals surface area contributed by atoms with Crippen molar-refractivity contribution < 1.29 is 8.83 Å². The van der Waals surface area contributed by atoms with Crippen LogP contribution < -0.4 is 0 Å². The Balaban J connectivity index is 1.27. The molecule has 0 saturated heterocycles. The predicted molar refractivity (Wildman–Crippen MR) is 194 cm³/mol. The monoisotopic (exact) mass is 615 g/mol. The summed E-state index contributed by atoms with van der Waals surface area (Å²) in [7, 11) is 0. The number of para-hydroxylation sites is 2. The third-order valence-electron chi connectivity index (χ3n) is 9.15. The standard InChI is InChI=1S/C43H25N3O2/c1-2-12-27(13-3-1)41-44-42(34-17-10-20-37-39(34)33-16-7-9-19-36(33)47-37)46-43(45-41)40-29-14-5-4-11-26(29)21-23-30(40)28-22-24-32-31-15-6-8-18-35(31)48-38(32)25-28/h1-25H. The zero-order valence-electron chi connectivity index (χ0n) is 25.6. The van der Waals surface area contributed by atoms with Crippen LogP contribution in [0.1, 0.15) is 0 Å². The van der Waals surface area contributed by atoms with E-state index in [0.29, 0.717) is 17.5 Å². The molecule has 7 aromatic carbocycles. The van der Waals surface area contributed by atoms with Crippen LogP contribution >= 0.6 is 0 Å². The minimum Gasteiger partial charge on any atom is -0.456 e. The lowest BCUT2D eigenvalue weighted by atomic mass is 9.93. The Hall–Kier alpha value is -6.59. The number of rotatable bonds is 4. The van der Waals surface area contributed by atoms with Crippen molar-refractivity contribution in [2.45, 2.75) is 0 Å². The third-order valence-corrected chi connectivity index (χ3v) is 9.15. The molecule has 0 bridgehead atoms. The van der Waals surface area contributed by atoms with E-state index < -0.39 is 0 Å². The first-order valence-electron chi connectivity index (χ1n) is 15.9. The Morgan fingerprint density at radius 2 is 1.00 bits per heavy atom. The van der Waals surface area contributed by atoms with E-state index in [0.717, 1.165) is 82.5 Å². The van der Waals surface area contributed by atoms with Crippen LogP contribution in [-0.2, 0) is 0 Å². The van der Waals surface area contributed by atoms with Crippen molar-refractivity contribution in [2.75, 3.05) is 0 Å². The fourth-order valence-corrected chi connectivity index (χ4v) is 6.93. The van der Waals surface area contributed by atoms with Crippen molar-refractivity contribution in [1.29, 1.82) is 0 Å². The first kappa shape index (κ1) is 26.6. The smallest absolute Gasteiger partial charge is 0.165 e. The Morgan fingerprint density at radius 1 is 0.354 bits per heavy atom. The minimum absolute atomic E-state index is 0.586. The molecule has 0 unspecified atom stereocenters. The maximum atomic E-state index is 6.32. The summed E-state index contributed by atoms with van der Waals surface area (Å²) in [5, 5.41) is 6.36. The molecule has 0 aliphatic heterocycles. The van der Waals surface area contributed by atoms with Gasteiger partial charge in [-0.25, -0.2) is 15.0 Å². The summed E-state index contributed by atoms with van der Waals surface area (Å²) < 4.78 is 12.6. The molecule has 5 heteroatoms. The predicted octanol–water partition coefficient (Wildman–Crippen LogP) is 11.5. The van der Waals surface area contributed by atoms with E-state index in [2.05, 4.69) is 72.8 Å². The average Bonchev–Trinajstić information content (AvgIpc) is 3.72. The zero-order valence-corrected chi connectivity index (χ0v) is 25.6. The van der Waals surface area contributed by atoms with Gasteiger partial charge in [0.1, 0.15) is 22.3 Å². The largest absolute Gasteiger partial charge is 0.456 e. The Morgan fingerprint density at radius 3 is 1.88 bits per heavy atom. The molecule has 48 heavy (non-hydrogen) atoms. The second kappa shape index (κ2) is 10.5. The van der Waals surface area contributed by atoms with E-state index in [1.807, 2.05) is 78.9 Å². The first-order valence-corrected chi connectivity index (χ1v) is 15.9. The number of hydrogen-bond donors (Lipinski definition) is 0. The number of furan rings is 2. The van der Waals surface area contributed by atoms with Gasteiger partial charge in [0.15, 0.2) is 17.5 Å². The number of benzene rings is 7. The van der Waals surface area contributed by atoms with Gasteiger partial charge in [-0.2, -0.15) is 0 Å². The summed E-state index contributed by atoms with van der Waals surface area (Å²) >= 11 is 0. The van der Waals surface area contributed by atoms with Crippen LogP contribution in [0.4, 0.5) is 0 Å². The highest BCUT2D eigenvalue weighted by atomic mass is 16.3. The lowest BCUT2D eigenvalue weighted by Crippen LogP contribution is -2.02. The van der Waals surface area contributed by atoms with E-state index >= 15 is 0 Å². The van der Waals surface area contributed by atoms with Crippen molar-refractivity contribution in [3.63, 3.8) is 0 Å². The first-order chi connectivity index (χ1) is 23.8. The molecule has 0 fully saturated rings. The van der Waals surface area contributed by atoms with Crippen LogP contribution in [0.3, 0.4) is 0 Å². The van der Waals surface area contributed by atoms with E-state index in [4.69, 9.17) is 23.8 Å². The maximum Gasteiger partial charge on any atom is 0.165 e. The van der Waals surface area contributed by atoms with Crippen LogP contribution in [0, 0.1) is 0 Å². The molecule has 0 aliphatic rings. The normalized spacial score (nSPS) is 11.8. The summed E-state index contributed by atoms with van der Waals surface area (Å²) in [5.41, 5.74) is 8.12. The molecular weight excluding hydrogens is 590 g/mol. The van der Waals surface area contributed by atoms with Gasteiger partial charge in [0.25, 0.3) is 0 Å². The van der Waals surface area contributed by atoms with Gasteiger partial charge in [0, 0.05) is 38.2 Å². The Kier molecular flexibility index (Phi) is 5.81. The van der Waals surface area contributed by atoms with Crippen LogP contribution in [0.5, 0.6) is 0 Å². The summed E-state index contributed by atoms with van der Waals surface area (Å²) in [5.74, 6) is 1.79. The lowest BCUT2D eigenvalue weighted by Gasteiger charge is -2.15. The van der Waals surface area contributed by atoms with Crippen molar-refractivity contribution >= 4 is 54.6 Å². The van der Waals surface area contributed by atoms with Gasteiger partial charge in [-0.05, 0) is 52.2 Å². The molecule has 3 heterocycles. The molecule has 0 N–H and O–H groups in total. The van der Waals surface area contributed by atoms with Crippen LogP contribution in [0.25, 0.3) is 99.9 Å². The molecule has 0 aliphatic carbocycles. The summed E-state index contributed by atoms with van der Waals surface area (Å²) in [6, 6.07) is 51.6. The number of aromatic nitrogens is 3. The summed E-state index contributed by atoms with van der Waals surface area (Å²) in [4.78, 5) is 15.6. The second-order valence-corrected chi connectivity index (χ2v) is 12.0. The van der Waals surface area contributed by atoms with Crippen LogP contribution in [-0.4, -0.2) is 15.0 Å². The number of nitrogens with zero attached hydrogens (tertiary/aromatic N) is 3. The van der Waals surface area contributed by atoms with Gasteiger partial charge in [-0.3, -0.25) is 0 Å². The number of hydrogen-bond acceptors (Lipinski definition) is 5. The zero-order chi connectivity index (χ0) is 31.6. The van der Waals surface area contributed by atoms with Crippen LogP contribution in [0.2, 0.25) is 0 Å². The minimum atomic E-state index is 0.586. The fourth-order valence-electron chi connectivity index (χ4n) is 6.93. The molecule has 10 aromatic rings. The molecule has 0 saturated carbocycles. The molecule has 3 aromatic heterocycles. The van der Waals surface area contributed by atoms with E-state index in [9.17, 15) is 0 Å². The summed E-state index contributed by atoms with van der Waals surface area (Å²) in [6.45, 7) is 0. The Bertz CT molecular complexity index is 2850. The topological polar surface area (TPSA) is 65.0 Å². The number of fused-ring (bicyclic) bond motifs is 7. The van der Waals surface area contributed by atoms with Crippen molar-refractivity contribution in [2.24, 2.45) is 0 Å². The van der Waals surface area contributed by atoms with Gasteiger partial charge >= 0.3 is 0 Å². The molecular formula is C43H25N3O2. The van der Waals surface area contributed by atoms with Crippen molar-refractivity contribution in [3.8, 4) is 45.3 Å².